The SMILES string of the molecule is CCCCCCC\C=C/C=C\C=C/CCCCCCCC(=O)OCC(COC(=O)CCCCC/C=C\CCCCCCCC)OC(=O)CCCCC/C=C\CCCCCCCC. The Hall–Kier alpha value is -2.89. The molecule has 0 aromatic carbocycles. The van der Waals surface area contributed by atoms with E-state index in [0.29, 0.717) is 19.3 Å². The highest BCUT2D eigenvalue weighted by Crippen LogP contribution is 2.13. The van der Waals surface area contributed by atoms with Crippen molar-refractivity contribution in [2.45, 2.75) is 264 Å². The van der Waals surface area contributed by atoms with Crippen LogP contribution >= 0.6 is 0 Å². The van der Waals surface area contributed by atoms with Gasteiger partial charge in [-0.2, -0.15) is 0 Å². The molecule has 6 heteroatoms. The molecule has 0 aliphatic heterocycles. The van der Waals surface area contributed by atoms with Gasteiger partial charge in [-0.1, -0.05) is 204 Å². The Morgan fingerprint density at radius 2 is 0.597 bits per heavy atom. The van der Waals surface area contributed by atoms with Crippen molar-refractivity contribution in [1.82, 2.24) is 0 Å². The van der Waals surface area contributed by atoms with E-state index in [2.05, 4.69) is 81.5 Å². The Balaban J connectivity index is 4.44. The monoisotopic (exact) mass is 867 g/mol. The lowest BCUT2D eigenvalue weighted by Gasteiger charge is -2.18. The first kappa shape index (κ1) is 59.1. The molecule has 6 nitrogen and oxygen atoms in total. The van der Waals surface area contributed by atoms with Crippen LogP contribution in [0, 0.1) is 0 Å². The van der Waals surface area contributed by atoms with Crippen LogP contribution < -0.4 is 0 Å². The Morgan fingerprint density at radius 3 is 0.952 bits per heavy atom. The molecule has 0 aromatic heterocycles. The molecule has 62 heavy (non-hydrogen) atoms. The summed E-state index contributed by atoms with van der Waals surface area (Å²) >= 11 is 0. The number of hydrogen-bond donors (Lipinski definition) is 0. The Kier molecular flexibility index (Phi) is 48.4. The summed E-state index contributed by atoms with van der Waals surface area (Å²) in [6.07, 6.45) is 62.0. The van der Waals surface area contributed by atoms with Gasteiger partial charge in [-0.25, -0.2) is 0 Å². The molecule has 0 radical (unpaired) electrons. The highest BCUT2D eigenvalue weighted by Gasteiger charge is 2.19. The summed E-state index contributed by atoms with van der Waals surface area (Å²) in [5.41, 5.74) is 0. The van der Waals surface area contributed by atoms with Crippen LogP contribution in [0.2, 0.25) is 0 Å². The lowest BCUT2D eigenvalue weighted by molar-refractivity contribution is -0.167. The summed E-state index contributed by atoms with van der Waals surface area (Å²) in [4.78, 5) is 37.9. The summed E-state index contributed by atoms with van der Waals surface area (Å²) < 4.78 is 16.8. The fourth-order valence-electron chi connectivity index (χ4n) is 7.26. The van der Waals surface area contributed by atoms with Crippen LogP contribution in [0.4, 0.5) is 0 Å². The summed E-state index contributed by atoms with van der Waals surface area (Å²) in [6.45, 7) is 6.57. The number of carbonyl (C=O) groups is 3. The highest BCUT2D eigenvalue weighted by molar-refractivity contribution is 5.71. The number of carbonyl (C=O) groups excluding carboxylic acids is 3. The van der Waals surface area contributed by atoms with E-state index in [1.54, 1.807) is 0 Å². The van der Waals surface area contributed by atoms with Crippen LogP contribution in [0.3, 0.4) is 0 Å². The summed E-state index contributed by atoms with van der Waals surface area (Å²) in [5.74, 6) is -0.942. The molecule has 0 aromatic rings. The molecule has 1 unspecified atom stereocenters. The normalized spacial score (nSPS) is 12.5. The van der Waals surface area contributed by atoms with Crippen molar-refractivity contribution in [3.05, 3.63) is 60.8 Å². The smallest absolute Gasteiger partial charge is 0.306 e. The first-order valence-electron chi connectivity index (χ1n) is 26.3. The van der Waals surface area contributed by atoms with Gasteiger partial charge in [0.05, 0.1) is 0 Å². The maximum absolute atomic E-state index is 12.8. The average Bonchev–Trinajstić information content (AvgIpc) is 3.27. The van der Waals surface area contributed by atoms with Crippen molar-refractivity contribution < 1.29 is 28.6 Å². The molecule has 0 saturated carbocycles. The van der Waals surface area contributed by atoms with E-state index in [9.17, 15) is 14.4 Å². The molecule has 0 spiro atoms. The second-order valence-electron chi connectivity index (χ2n) is 17.5. The maximum atomic E-state index is 12.8. The van der Waals surface area contributed by atoms with E-state index in [1.807, 2.05) is 0 Å². The van der Waals surface area contributed by atoms with Crippen LogP contribution in [0.15, 0.2) is 60.8 Å². The highest BCUT2D eigenvalue weighted by atomic mass is 16.6. The molecule has 1 atom stereocenters. The lowest BCUT2D eigenvalue weighted by Crippen LogP contribution is -2.30. The van der Waals surface area contributed by atoms with E-state index < -0.39 is 6.10 Å². The van der Waals surface area contributed by atoms with Gasteiger partial charge in [-0.3, -0.25) is 14.4 Å². The van der Waals surface area contributed by atoms with Gasteiger partial charge in [-0.05, 0) is 96.3 Å². The van der Waals surface area contributed by atoms with Gasteiger partial charge in [0, 0.05) is 19.3 Å². The van der Waals surface area contributed by atoms with Crippen molar-refractivity contribution in [2.24, 2.45) is 0 Å². The molecule has 0 fully saturated rings. The summed E-state index contributed by atoms with van der Waals surface area (Å²) in [6, 6.07) is 0. The van der Waals surface area contributed by atoms with Gasteiger partial charge < -0.3 is 14.2 Å². The predicted octanol–water partition coefficient (Wildman–Crippen LogP) is 17.3. The van der Waals surface area contributed by atoms with Crippen molar-refractivity contribution in [2.75, 3.05) is 13.2 Å². The van der Waals surface area contributed by atoms with Crippen LogP contribution in [-0.4, -0.2) is 37.2 Å². The zero-order chi connectivity index (χ0) is 45.1. The van der Waals surface area contributed by atoms with Gasteiger partial charge in [0.1, 0.15) is 13.2 Å². The molecule has 0 N–H and O–H groups in total. The van der Waals surface area contributed by atoms with Gasteiger partial charge in [0.15, 0.2) is 6.10 Å². The molecule has 0 bridgehead atoms. The van der Waals surface area contributed by atoms with E-state index in [-0.39, 0.29) is 31.1 Å². The molecule has 0 aliphatic rings. The topological polar surface area (TPSA) is 78.9 Å². The van der Waals surface area contributed by atoms with Crippen LogP contribution in [-0.2, 0) is 28.6 Å². The Bertz CT molecular complexity index is 1130. The van der Waals surface area contributed by atoms with E-state index in [0.717, 1.165) is 103 Å². The third-order valence-electron chi connectivity index (χ3n) is 11.3. The summed E-state index contributed by atoms with van der Waals surface area (Å²) in [7, 11) is 0. The molecular weight excluding hydrogens is 769 g/mol. The maximum Gasteiger partial charge on any atom is 0.306 e. The Morgan fingerprint density at radius 1 is 0.323 bits per heavy atom. The van der Waals surface area contributed by atoms with Crippen molar-refractivity contribution >= 4 is 17.9 Å². The first-order valence-corrected chi connectivity index (χ1v) is 26.3. The minimum atomic E-state index is -0.795. The summed E-state index contributed by atoms with van der Waals surface area (Å²) in [5, 5.41) is 0. The van der Waals surface area contributed by atoms with E-state index >= 15 is 0 Å². The van der Waals surface area contributed by atoms with Crippen molar-refractivity contribution in [1.29, 1.82) is 0 Å². The average molecular weight is 867 g/mol. The van der Waals surface area contributed by atoms with Gasteiger partial charge in [0.25, 0.3) is 0 Å². The second-order valence-corrected chi connectivity index (χ2v) is 17.5. The fourth-order valence-corrected chi connectivity index (χ4v) is 7.26. The third-order valence-corrected chi connectivity index (χ3v) is 11.3. The molecule has 0 heterocycles. The zero-order valence-electron chi connectivity index (χ0n) is 40.9. The van der Waals surface area contributed by atoms with Crippen LogP contribution in [0.5, 0.6) is 0 Å². The minimum absolute atomic E-state index is 0.0947. The predicted molar refractivity (Wildman–Crippen MR) is 265 cm³/mol. The second kappa shape index (κ2) is 50.8. The molecule has 0 rings (SSSR count). The number of rotatable bonds is 47. The van der Waals surface area contributed by atoms with E-state index in [4.69, 9.17) is 14.2 Å². The van der Waals surface area contributed by atoms with Crippen molar-refractivity contribution in [3.8, 4) is 0 Å². The Labute approximate surface area is 383 Å². The standard InChI is InChI=1S/C56H98O6/c1-4-7-10-13-16-19-22-25-26-27-28-29-32-34-37-40-43-46-49-55(58)61-52-53(62-56(59)50-47-44-41-38-35-31-24-21-18-15-12-9-6-3)51-60-54(57)48-45-42-39-36-33-30-23-20-17-14-11-8-5-2/h22,25-31,33,35,53H,4-21,23-24,32,34,36-52H2,1-3H3/b25-22-,27-26-,29-28-,33-30-,35-31-. The number of allylic oxidation sites excluding steroid dienone is 10. The van der Waals surface area contributed by atoms with E-state index in [1.165, 1.54) is 116 Å². The quantitative estimate of drug-likeness (QED) is 0.0199. The van der Waals surface area contributed by atoms with Gasteiger partial charge in [-0.15, -0.1) is 0 Å². The van der Waals surface area contributed by atoms with Crippen molar-refractivity contribution in [3.63, 3.8) is 0 Å². The fraction of sp³-hybridized carbons (Fsp3) is 0.768. The number of ether oxygens (including phenoxy) is 3. The van der Waals surface area contributed by atoms with Gasteiger partial charge >= 0.3 is 17.9 Å². The van der Waals surface area contributed by atoms with Crippen LogP contribution in [0.1, 0.15) is 258 Å². The van der Waals surface area contributed by atoms with Crippen LogP contribution in [0.25, 0.3) is 0 Å². The molecule has 0 saturated heterocycles. The molecular formula is C56H98O6. The number of esters is 3. The number of hydrogen-bond acceptors (Lipinski definition) is 6. The third kappa shape index (κ3) is 48.1. The minimum Gasteiger partial charge on any atom is -0.462 e. The lowest BCUT2D eigenvalue weighted by atomic mass is 10.1. The van der Waals surface area contributed by atoms with Gasteiger partial charge in [0.2, 0.25) is 0 Å². The molecule has 358 valence electrons. The molecule has 0 amide bonds. The molecule has 0 aliphatic carbocycles. The largest absolute Gasteiger partial charge is 0.462 e. The zero-order valence-corrected chi connectivity index (χ0v) is 40.9. The first-order chi connectivity index (χ1) is 30.5. The number of unbranched alkanes of at least 4 members (excludes halogenated alkanes) is 28.